The number of aromatic nitrogens is 3. The Morgan fingerprint density at radius 1 is 1.12 bits per heavy atom. The Labute approximate surface area is 147 Å². The summed E-state index contributed by atoms with van der Waals surface area (Å²) >= 11 is 0. The van der Waals surface area contributed by atoms with Crippen molar-refractivity contribution in [3.63, 3.8) is 0 Å². The summed E-state index contributed by atoms with van der Waals surface area (Å²) in [6, 6.07) is 12.2. The molecule has 5 heteroatoms. The molecule has 1 fully saturated rings. The van der Waals surface area contributed by atoms with Crippen molar-refractivity contribution in [3.8, 4) is 0 Å². The first kappa shape index (κ1) is 16.2. The van der Waals surface area contributed by atoms with Gasteiger partial charge in [-0.1, -0.05) is 30.3 Å². The molecule has 3 heterocycles. The monoisotopic (exact) mass is 336 g/mol. The normalized spacial score (nSPS) is 17.8. The van der Waals surface area contributed by atoms with Gasteiger partial charge in [0.1, 0.15) is 0 Å². The van der Waals surface area contributed by atoms with Crippen molar-refractivity contribution in [3.05, 3.63) is 66.1 Å². The summed E-state index contributed by atoms with van der Waals surface area (Å²) in [7, 11) is 0. The van der Waals surface area contributed by atoms with Crippen LogP contribution in [-0.4, -0.2) is 43.8 Å². The average Bonchev–Trinajstić information content (AvgIpc) is 3.06. The number of benzene rings is 1. The molecule has 1 aliphatic rings. The van der Waals surface area contributed by atoms with Gasteiger partial charge in [-0.2, -0.15) is 5.10 Å². The lowest BCUT2D eigenvalue weighted by Gasteiger charge is -2.34. The predicted molar refractivity (Wildman–Crippen MR) is 97.1 cm³/mol. The van der Waals surface area contributed by atoms with Gasteiger partial charge in [0, 0.05) is 24.5 Å². The molecule has 4 rings (SSSR count). The van der Waals surface area contributed by atoms with E-state index < -0.39 is 0 Å². The van der Waals surface area contributed by atoms with Crippen LogP contribution in [0.3, 0.4) is 0 Å². The molecule has 0 saturated carbocycles. The summed E-state index contributed by atoms with van der Waals surface area (Å²) in [5.74, 6) is 0.387. The second-order valence-electron chi connectivity index (χ2n) is 6.93. The summed E-state index contributed by atoms with van der Waals surface area (Å²) in [5.41, 5.74) is 3.33. The van der Waals surface area contributed by atoms with Crippen molar-refractivity contribution in [1.29, 1.82) is 0 Å². The van der Waals surface area contributed by atoms with E-state index in [-0.39, 0.29) is 6.10 Å². The van der Waals surface area contributed by atoms with E-state index in [2.05, 4.69) is 27.1 Å². The van der Waals surface area contributed by atoms with Gasteiger partial charge in [-0.3, -0.25) is 4.90 Å². The number of fused-ring (bicyclic) bond motifs is 1. The van der Waals surface area contributed by atoms with Crippen LogP contribution in [0.25, 0.3) is 5.65 Å². The molecule has 1 aromatic carbocycles. The van der Waals surface area contributed by atoms with Crippen molar-refractivity contribution < 1.29 is 5.11 Å². The fraction of sp³-hybridized carbons (Fsp3) is 0.400. The minimum atomic E-state index is -0.247. The van der Waals surface area contributed by atoms with E-state index in [1.54, 1.807) is 0 Å². The van der Waals surface area contributed by atoms with Crippen LogP contribution in [0.15, 0.2) is 55.0 Å². The third-order valence-electron chi connectivity index (χ3n) is 5.21. The molecule has 0 aliphatic carbocycles. The van der Waals surface area contributed by atoms with Crippen LogP contribution in [0, 0.1) is 5.92 Å². The molecule has 1 N–H and O–H groups in total. The third-order valence-corrected chi connectivity index (χ3v) is 5.21. The Balaban J connectivity index is 1.32. The van der Waals surface area contributed by atoms with E-state index >= 15 is 0 Å². The highest BCUT2D eigenvalue weighted by Crippen LogP contribution is 2.24. The Kier molecular flexibility index (Phi) is 4.76. The van der Waals surface area contributed by atoms with Gasteiger partial charge in [-0.15, -0.1) is 0 Å². The maximum absolute atomic E-state index is 10.6. The van der Waals surface area contributed by atoms with E-state index in [0.29, 0.717) is 5.92 Å². The van der Waals surface area contributed by atoms with Crippen LogP contribution in [-0.2, 0) is 13.0 Å². The van der Waals surface area contributed by atoms with Crippen LogP contribution in [0.5, 0.6) is 0 Å². The zero-order valence-electron chi connectivity index (χ0n) is 14.3. The van der Waals surface area contributed by atoms with E-state index in [1.165, 1.54) is 11.1 Å². The minimum Gasteiger partial charge on any atom is -0.392 e. The van der Waals surface area contributed by atoms with Gasteiger partial charge < -0.3 is 5.11 Å². The van der Waals surface area contributed by atoms with Gasteiger partial charge in [-0.25, -0.2) is 9.50 Å². The Hall–Kier alpha value is -2.24. The largest absolute Gasteiger partial charge is 0.392 e. The van der Waals surface area contributed by atoms with Gasteiger partial charge in [-0.05, 0) is 49.9 Å². The molecule has 5 nitrogen and oxygen atoms in total. The minimum absolute atomic E-state index is 0.247. The zero-order valence-corrected chi connectivity index (χ0v) is 14.3. The van der Waals surface area contributed by atoms with Crippen LogP contribution in [0.1, 0.15) is 24.0 Å². The van der Waals surface area contributed by atoms with Crippen molar-refractivity contribution in [2.75, 3.05) is 13.1 Å². The second kappa shape index (κ2) is 7.33. The van der Waals surface area contributed by atoms with Crippen molar-refractivity contribution >= 4 is 5.65 Å². The van der Waals surface area contributed by atoms with Crippen LogP contribution in [0.2, 0.25) is 0 Å². The van der Waals surface area contributed by atoms with Crippen molar-refractivity contribution in [2.45, 2.75) is 31.9 Å². The summed E-state index contributed by atoms with van der Waals surface area (Å²) in [6.07, 6.45) is 8.25. The van der Waals surface area contributed by atoms with Crippen LogP contribution < -0.4 is 0 Å². The molecule has 3 aromatic rings. The zero-order chi connectivity index (χ0) is 17.1. The highest BCUT2D eigenvalue weighted by atomic mass is 16.3. The number of aliphatic hydroxyl groups excluding tert-OH is 1. The second-order valence-corrected chi connectivity index (χ2v) is 6.93. The van der Waals surface area contributed by atoms with Crippen LogP contribution >= 0.6 is 0 Å². The fourth-order valence-corrected chi connectivity index (χ4v) is 3.75. The summed E-state index contributed by atoms with van der Waals surface area (Å²) in [5, 5.41) is 14.9. The quantitative estimate of drug-likeness (QED) is 0.778. The number of hydrogen-bond acceptors (Lipinski definition) is 4. The van der Waals surface area contributed by atoms with Crippen molar-refractivity contribution in [1.82, 2.24) is 19.5 Å². The molecule has 0 radical (unpaired) electrons. The maximum atomic E-state index is 10.6. The topological polar surface area (TPSA) is 53.7 Å². The molecule has 1 aliphatic heterocycles. The van der Waals surface area contributed by atoms with Gasteiger partial charge in [0.05, 0.1) is 12.3 Å². The third kappa shape index (κ3) is 3.72. The summed E-state index contributed by atoms with van der Waals surface area (Å²) in [4.78, 5) is 6.87. The standard InChI is InChI=1S/C20H24N4O/c25-19(13-16-5-2-1-3-6-16)17-7-11-23(12-8-17)15-18-14-22-24-10-4-9-21-20(18)24/h1-6,9-10,14,17,19,25H,7-8,11-13,15H2/t19-/m0/s1. The number of hydrogen-bond donors (Lipinski definition) is 1. The van der Waals surface area contributed by atoms with Gasteiger partial charge >= 0.3 is 0 Å². The Bertz CT molecular complexity index is 809. The molecule has 1 atom stereocenters. The smallest absolute Gasteiger partial charge is 0.159 e. The van der Waals surface area contributed by atoms with E-state index in [9.17, 15) is 5.11 Å². The molecule has 2 aromatic heterocycles. The highest BCUT2D eigenvalue weighted by Gasteiger charge is 2.25. The molecule has 0 amide bonds. The van der Waals surface area contributed by atoms with Gasteiger partial charge in [0.2, 0.25) is 0 Å². The number of rotatable bonds is 5. The Morgan fingerprint density at radius 3 is 2.72 bits per heavy atom. The molecule has 0 bridgehead atoms. The molecule has 0 spiro atoms. The summed E-state index contributed by atoms with van der Waals surface area (Å²) in [6.45, 7) is 2.91. The average molecular weight is 336 g/mol. The van der Waals surface area contributed by atoms with E-state index in [0.717, 1.165) is 44.5 Å². The molecular weight excluding hydrogens is 312 g/mol. The lowest BCUT2D eigenvalue weighted by Crippen LogP contribution is -2.38. The van der Waals surface area contributed by atoms with Crippen LogP contribution in [0.4, 0.5) is 0 Å². The van der Waals surface area contributed by atoms with E-state index in [4.69, 9.17) is 0 Å². The predicted octanol–water partition coefficient (Wildman–Crippen LogP) is 2.54. The van der Waals surface area contributed by atoms with Crippen molar-refractivity contribution in [2.24, 2.45) is 5.92 Å². The first-order valence-electron chi connectivity index (χ1n) is 9.01. The molecule has 130 valence electrons. The number of likely N-dealkylation sites (tertiary alicyclic amines) is 1. The first-order chi connectivity index (χ1) is 12.3. The molecule has 1 saturated heterocycles. The van der Waals surface area contributed by atoms with Gasteiger partial charge in [0.15, 0.2) is 5.65 Å². The fourth-order valence-electron chi connectivity index (χ4n) is 3.75. The lowest BCUT2D eigenvalue weighted by molar-refractivity contribution is 0.0577. The number of aliphatic hydroxyl groups is 1. The molecule has 25 heavy (non-hydrogen) atoms. The molecular formula is C20H24N4O. The molecule has 0 unspecified atom stereocenters. The summed E-state index contributed by atoms with van der Waals surface area (Å²) < 4.78 is 1.83. The SMILES string of the molecule is O[C@@H](Cc1ccccc1)C1CCN(Cc2cnn3cccnc23)CC1. The Morgan fingerprint density at radius 2 is 1.92 bits per heavy atom. The highest BCUT2D eigenvalue weighted by molar-refractivity contribution is 5.45. The lowest BCUT2D eigenvalue weighted by atomic mass is 9.88. The maximum Gasteiger partial charge on any atom is 0.159 e. The van der Waals surface area contributed by atoms with E-state index in [1.807, 2.05) is 47.4 Å². The van der Waals surface area contributed by atoms with Gasteiger partial charge in [0.25, 0.3) is 0 Å². The first-order valence-corrected chi connectivity index (χ1v) is 9.01. The number of piperidine rings is 1. The number of nitrogens with zero attached hydrogens (tertiary/aromatic N) is 4.